The molecule has 0 radical (unpaired) electrons. The summed E-state index contributed by atoms with van der Waals surface area (Å²) in [6.45, 7) is 0. The van der Waals surface area contributed by atoms with Crippen molar-refractivity contribution in [2.24, 2.45) is 0 Å². The second kappa shape index (κ2) is 6.25. The average molecular weight is 345 g/mol. The summed E-state index contributed by atoms with van der Waals surface area (Å²) in [4.78, 5) is 22.0. The molecular formula is C14H8ClF3N2O3. The van der Waals surface area contributed by atoms with Crippen LogP contribution in [-0.2, 0) is 6.18 Å². The Balaban J connectivity index is 2.36. The van der Waals surface area contributed by atoms with Crippen molar-refractivity contribution in [3.63, 3.8) is 0 Å². The summed E-state index contributed by atoms with van der Waals surface area (Å²) >= 11 is 5.68. The molecule has 0 heterocycles. The van der Waals surface area contributed by atoms with E-state index in [1.54, 1.807) is 0 Å². The Morgan fingerprint density at radius 3 is 2.26 bits per heavy atom. The Morgan fingerprint density at radius 2 is 1.74 bits per heavy atom. The van der Waals surface area contributed by atoms with Crippen LogP contribution in [0.2, 0.25) is 5.02 Å². The van der Waals surface area contributed by atoms with Gasteiger partial charge in [-0.2, -0.15) is 13.2 Å². The second-order valence-electron chi connectivity index (χ2n) is 4.45. The van der Waals surface area contributed by atoms with Gasteiger partial charge in [-0.3, -0.25) is 14.9 Å². The standard InChI is InChI=1S/C14H8ClF3N2O3/c15-9-2-4-10(5-3-9)19-13(21)11-6-1-8(14(16,17)18)7-12(11)20(22)23/h1-7H,(H,19,21). The van der Waals surface area contributed by atoms with E-state index in [0.29, 0.717) is 22.8 Å². The molecule has 120 valence electrons. The van der Waals surface area contributed by atoms with Crippen LogP contribution in [0.25, 0.3) is 0 Å². The van der Waals surface area contributed by atoms with E-state index in [4.69, 9.17) is 11.6 Å². The van der Waals surface area contributed by atoms with Gasteiger partial charge >= 0.3 is 6.18 Å². The topological polar surface area (TPSA) is 72.2 Å². The van der Waals surface area contributed by atoms with Crippen molar-refractivity contribution in [1.82, 2.24) is 0 Å². The van der Waals surface area contributed by atoms with Crippen LogP contribution in [0, 0.1) is 10.1 Å². The van der Waals surface area contributed by atoms with Crippen molar-refractivity contribution in [1.29, 1.82) is 0 Å². The maximum absolute atomic E-state index is 12.6. The van der Waals surface area contributed by atoms with Gasteiger partial charge in [0.2, 0.25) is 0 Å². The molecular weight excluding hydrogens is 337 g/mol. The molecule has 0 aromatic heterocycles. The highest BCUT2D eigenvalue weighted by Crippen LogP contribution is 2.33. The molecule has 5 nitrogen and oxygen atoms in total. The third kappa shape index (κ3) is 3.98. The third-order valence-electron chi connectivity index (χ3n) is 2.87. The number of halogens is 4. The van der Waals surface area contributed by atoms with Crippen LogP contribution in [0.4, 0.5) is 24.5 Å². The number of nitrogens with one attached hydrogen (secondary N) is 1. The monoisotopic (exact) mass is 344 g/mol. The maximum Gasteiger partial charge on any atom is 0.416 e. The van der Waals surface area contributed by atoms with E-state index >= 15 is 0 Å². The molecule has 2 rings (SSSR count). The van der Waals surface area contributed by atoms with Gasteiger partial charge in [0, 0.05) is 16.8 Å². The lowest BCUT2D eigenvalue weighted by atomic mass is 10.1. The number of nitrogens with zero attached hydrogens (tertiary/aromatic N) is 1. The first-order valence-electron chi connectivity index (χ1n) is 6.11. The minimum Gasteiger partial charge on any atom is -0.322 e. The molecule has 2 aromatic rings. The number of anilines is 1. The lowest BCUT2D eigenvalue weighted by Crippen LogP contribution is -2.15. The highest BCUT2D eigenvalue weighted by molar-refractivity contribution is 6.30. The molecule has 23 heavy (non-hydrogen) atoms. The Morgan fingerprint density at radius 1 is 1.13 bits per heavy atom. The van der Waals surface area contributed by atoms with E-state index in [2.05, 4.69) is 5.32 Å². The molecule has 0 saturated carbocycles. The van der Waals surface area contributed by atoms with Crippen molar-refractivity contribution < 1.29 is 22.9 Å². The summed E-state index contributed by atoms with van der Waals surface area (Å²) in [5.41, 5.74) is -2.30. The fraction of sp³-hybridized carbons (Fsp3) is 0.0714. The summed E-state index contributed by atoms with van der Waals surface area (Å²) in [6.07, 6.45) is -4.74. The normalized spacial score (nSPS) is 11.1. The van der Waals surface area contributed by atoms with Crippen LogP contribution in [0.5, 0.6) is 0 Å². The van der Waals surface area contributed by atoms with Crippen molar-refractivity contribution in [3.05, 3.63) is 68.7 Å². The third-order valence-corrected chi connectivity index (χ3v) is 3.12. The summed E-state index contributed by atoms with van der Waals surface area (Å²) in [6, 6.07) is 7.59. The number of rotatable bonds is 3. The number of benzene rings is 2. The number of alkyl halides is 3. The lowest BCUT2D eigenvalue weighted by molar-refractivity contribution is -0.385. The van der Waals surface area contributed by atoms with Crippen molar-refractivity contribution >= 4 is 28.9 Å². The molecule has 0 aliphatic rings. The zero-order valence-corrected chi connectivity index (χ0v) is 12.0. The van der Waals surface area contributed by atoms with Crippen molar-refractivity contribution in [2.45, 2.75) is 6.18 Å². The molecule has 9 heteroatoms. The summed E-state index contributed by atoms with van der Waals surface area (Å²) in [5, 5.41) is 13.7. The Hall–Kier alpha value is -2.61. The van der Waals surface area contributed by atoms with E-state index in [9.17, 15) is 28.1 Å². The van der Waals surface area contributed by atoms with Crippen molar-refractivity contribution in [2.75, 3.05) is 5.32 Å². The van der Waals surface area contributed by atoms with Gasteiger partial charge in [0.1, 0.15) is 5.56 Å². The fourth-order valence-corrected chi connectivity index (χ4v) is 1.91. The highest BCUT2D eigenvalue weighted by atomic mass is 35.5. The predicted octanol–water partition coefficient (Wildman–Crippen LogP) is 4.52. The van der Waals surface area contributed by atoms with Crippen LogP contribution in [-0.4, -0.2) is 10.8 Å². The van der Waals surface area contributed by atoms with Gasteiger partial charge in [0.05, 0.1) is 10.5 Å². The van der Waals surface area contributed by atoms with Gasteiger partial charge in [0.15, 0.2) is 0 Å². The number of carbonyl (C=O) groups excluding carboxylic acids is 1. The number of hydrogen-bond acceptors (Lipinski definition) is 3. The SMILES string of the molecule is O=C(Nc1ccc(Cl)cc1)c1ccc(C(F)(F)F)cc1[N+](=O)[O-]. The molecule has 1 amide bonds. The van der Waals surface area contributed by atoms with E-state index in [1.165, 1.54) is 24.3 Å². The number of amides is 1. The minimum atomic E-state index is -4.74. The molecule has 2 aromatic carbocycles. The largest absolute Gasteiger partial charge is 0.416 e. The van der Waals surface area contributed by atoms with E-state index in [0.717, 1.165) is 6.07 Å². The molecule has 0 saturated heterocycles. The molecule has 1 N–H and O–H groups in total. The first kappa shape index (κ1) is 16.8. The zero-order valence-electron chi connectivity index (χ0n) is 11.2. The summed E-state index contributed by atoms with van der Waals surface area (Å²) in [7, 11) is 0. The summed E-state index contributed by atoms with van der Waals surface area (Å²) in [5.74, 6) is -0.896. The van der Waals surface area contributed by atoms with Crippen LogP contribution >= 0.6 is 11.6 Å². The second-order valence-corrected chi connectivity index (χ2v) is 4.88. The first-order chi connectivity index (χ1) is 10.7. The van der Waals surface area contributed by atoms with Gasteiger partial charge in [-0.05, 0) is 36.4 Å². The number of nitro benzene ring substituents is 1. The number of carbonyl (C=O) groups is 1. The van der Waals surface area contributed by atoms with E-state index < -0.39 is 33.8 Å². The minimum absolute atomic E-state index is 0.300. The molecule has 0 atom stereocenters. The van der Waals surface area contributed by atoms with Crippen LogP contribution in [0.15, 0.2) is 42.5 Å². The lowest BCUT2D eigenvalue weighted by Gasteiger charge is -2.09. The van der Waals surface area contributed by atoms with Crippen LogP contribution in [0.1, 0.15) is 15.9 Å². The van der Waals surface area contributed by atoms with Gasteiger partial charge in [-0.25, -0.2) is 0 Å². The number of nitro groups is 1. The van der Waals surface area contributed by atoms with E-state index in [1.807, 2.05) is 0 Å². The first-order valence-corrected chi connectivity index (χ1v) is 6.49. The molecule has 0 unspecified atom stereocenters. The van der Waals surface area contributed by atoms with Gasteiger partial charge in [0.25, 0.3) is 11.6 Å². The quantitative estimate of drug-likeness (QED) is 0.657. The van der Waals surface area contributed by atoms with Crippen LogP contribution in [0.3, 0.4) is 0 Å². The highest BCUT2D eigenvalue weighted by Gasteiger charge is 2.34. The molecule has 0 fully saturated rings. The summed E-state index contributed by atoms with van der Waals surface area (Å²) < 4.78 is 37.8. The smallest absolute Gasteiger partial charge is 0.322 e. The van der Waals surface area contributed by atoms with Crippen LogP contribution < -0.4 is 5.32 Å². The molecule has 0 aliphatic carbocycles. The predicted molar refractivity (Wildman–Crippen MR) is 77.5 cm³/mol. The molecule has 0 spiro atoms. The van der Waals surface area contributed by atoms with Crippen molar-refractivity contribution in [3.8, 4) is 0 Å². The fourth-order valence-electron chi connectivity index (χ4n) is 1.78. The Bertz CT molecular complexity index is 761. The van der Waals surface area contributed by atoms with Gasteiger partial charge in [-0.15, -0.1) is 0 Å². The molecule has 0 aliphatic heterocycles. The van der Waals surface area contributed by atoms with Gasteiger partial charge in [-0.1, -0.05) is 11.6 Å². The number of hydrogen-bond donors (Lipinski definition) is 1. The zero-order chi connectivity index (χ0) is 17.2. The maximum atomic E-state index is 12.6. The van der Waals surface area contributed by atoms with Gasteiger partial charge < -0.3 is 5.32 Å². The Kier molecular flexibility index (Phi) is 4.55. The average Bonchev–Trinajstić information content (AvgIpc) is 2.48. The van der Waals surface area contributed by atoms with E-state index in [-0.39, 0.29) is 0 Å². The molecule has 0 bridgehead atoms. The Labute approximate surface area is 132 Å².